The first-order valence-corrected chi connectivity index (χ1v) is 7.81. The lowest BCUT2D eigenvalue weighted by molar-refractivity contribution is 0.0698. The molecule has 3 aromatic rings. The highest BCUT2D eigenvalue weighted by molar-refractivity contribution is 6.05. The number of aromatic hydroxyl groups is 1. The number of fused-ring (bicyclic) bond motifs is 1. The number of aliphatic hydroxyl groups is 1. The highest BCUT2D eigenvalue weighted by Gasteiger charge is 2.17. The summed E-state index contributed by atoms with van der Waals surface area (Å²) in [6.07, 6.45) is 2.74. The Morgan fingerprint density at radius 1 is 1.12 bits per heavy atom. The number of nitrogens with one attached hydrogen (secondary N) is 1. The normalized spacial score (nSPS) is 11.9. The van der Waals surface area contributed by atoms with Crippen LogP contribution in [0.3, 0.4) is 0 Å². The first-order chi connectivity index (χ1) is 12.5. The largest absolute Gasteiger partial charge is 0.508 e. The lowest BCUT2D eigenvalue weighted by Crippen LogP contribution is -2.30. The number of phenolic OH excluding ortho intramolecular Hbond substituents is 1. The second-order valence-corrected chi connectivity index (χ2v) is 5.73. The summed E-state index contributed by atoms with van der Waals surface area (Å²) in [7, 11) is 0. The summed E-state index contributed by atoms with van der Waals surface area (Å²) in [4.78, 5) is 27.6. The van der Waals surface area contributed by atoms with E-state index in [1.165, 1.54) is 30.6 Å². The molecule has 1 amide bonds. The van der Waals surface area contributed by atoms with E-state index in [-0.39, 0.29) is 17.9 Å². The van der Waals surface area contributed by atoms with Gasteiger partial charge in [-0.15, -0.1) is 0 Å². The number of hydrogen-bond acceptors (Lipinski definition) is 5. The maximum Gasteiger partial charge on any atom is 0.337 e. The van der Waals surface area contributed by atoms with Gasteiger partial charge in [0.05, 0.1) is 18.2 Å². The predicted molar refractivity (Wildman–Crippen MR) is 94.1 cm³/mol. The number of pyridine rings is 1. The van der Waals surface area contributed by atoms with Gasteiger partial charge in [0.25, 0.3) is 5.91 Å². The molecule has 0 aliphatic rings. The predicted octanol–water partition coefficient (Wildman–Crippen LogP) is 2.10. The summed E-state index contributed by atoms with van der Waals surface area (Å²) in [6.45, 7) is -0.340. The zero-order chi connectivity index (χ0) is 18.7. The summed E-state index contributed by atoms with van der Waals surface area (Å²) < 4.78 is 0. The molecule has 0 saturated heterocycles. The van der Waals surface area contributed by atoms with E-state index < -0.39 is 17.9 Å². The van der Waals surface area contributed by atoms with Gasteiger partial charge >= 0.3 is 5.97 Å². The molecule has 1 aromatic heterocycles. The van der Waals surface area contributed by atoms with Crippen molar-refractivity contribution in [1.82, 2.24) is 10.3 Å². The van der Waals surface area contributed by atoms with Crippen LogP contribution in [0.25, 0.3) is 10.8 Å². The number of aliphatic hydroxyl groups excluding tert-OH is 1. The molecule has 0 fully saturated rings. The Hall–Kier alpha value is -3.45. The number of rotatable bonds is 5. The summed E-state index contributed by atoms with van der Waals surface area (Å²) in [6, 6.07) is 10.2. The van der Waals surface area contributed by atoms with E-state index in [0.29, 0.717) is 21.9 Å². The van der Waals surface area contributed by atoms with Crippen molar-refractivity contribution in [2.45, 2.75) is 6.04 Å². The zero-order valence-electron chi connectivity index (χ0n) is 13.6. The molecule has 1 heterocycles. The number of hydrogen-bond donors (Lipinski definition) is 4. The van der Waals surface area contributed by atoms with Gasteiger partial charge in [-0.25, -0.2) is 4.79 Å². The fourth-order valence-electron chi connectivity index (χ4n) is 2.71. The van der Waals surface area contributed by atoms with Gasteiger partial charge in [-0.1, -0.05) is 18.2 Å². The van der Waals surface area contributed by atoms with E-state index in [1.54, 1.807) is 24.3 Å². The lowest BCUT2D eigenvalue weighted by Gasteiger charge is -2.17. The quantitative estimate of drug-likeness (QED) is 0.558. The van der Waals surface area contributed by atoms with Crippen molar-refractivity contribution in [3.63, 3.8) is 0 Å². The van der Waals surface area contributed by atoms with Crippen LogP contribution in [0.4, 0.5) is 0 Å². The number of aromatic nitrogens is 1. The maximum absolute atomic E-state index is 12.5. The lowest BCUT2D eigenvalue weighted by atomic mass is 10.0. The monoisotopic (exact) mass is 352 g/mol. The van der Waals surface area contributed by atoms with Crippen LogP contribution in [0, 0.1) is 0 Å². The van der Waals surface area contributed by atoms with Crippen molar-refractivity contribution in [3.8, 4) is 5.75 Å². The van der Waals surface area contributed by atoms with Crippen molar-refractivity contribution >= 4 is 22.6 Å². The average Bonchev–Trinajstić information content (AvgIpc) is 2.64. The molecule has 1 atom stereocenters. The van der Waals surface area contributed by atoms with Crippen molar-refractivity contribution in [1.29, 1.82) is 0 Å². The number of carbonyl (C=O) groups excluding carboxylic acids is 1. The molecule has 0 spiro atoms. The molecule has 0 aliphatic carbocycles. The second-order valence-electron chi connectivity index (χ2n) is 5.73. The number of carboxylic acid groups (broad SMARTS) is 1. The van der Waals surface area contributed by atoms with Crippen LogP contribution in [-0.4, -0.2) is 38.8 Å². The number of aromatic carboxylic acids is 1. The Balaban J connectivity index is 1.88. The van der Waals surface area contributed by atoms with Crippen molar-refractivity contribution in [3.05, 3.63) is 71.5 Å². The molecule has 132 valence electrons. The van der Waals surface area contributed by atoms with Gasteiger partial charge in [-0.05, 0) is 35.2 Å². The van der Waals surface area contributed by atoms with Gasteiger partial charge in [0.2, 0.25) is 0 Å². The first kappa shape index (κ1) is 17.4. The molecule has 0 bridgehead atoms. The molecule has 0 saturated carbocycles. The van der Waals surface area contributed by atoms with Crippen LogP contribution in [0.2, 0.25) is 0 Å². The fourth-order valence-corrected chi connectivity index (χ4v) is 2.71. The van der Waals surface area contributed by atoms with E-state index in [0.717, 1.165) is 0 Å². The minimum Gasteiger partial charge on any atom is -0.508 e. The molecule has 0 radical (unpaired) electrons. The van der Waals surface area contributed by atoms with Gasteiger partial charge in [0, 0.05) is 23.3 Å². The third kappa shape index (κ3) is 3.47. The standard InChI is InChI=1S/C19H16N2O5/c22-10-17(11-2-1-3-14(23)7-11)21-18(24)12-4-5-15-13(6-12)8-20-9-16(15)19(25)26/h1-9,17,22-23H,10H2,(H,21,24)(H,25,26). The molecule has 26 heavy (non-hydrogen) atoms. The highest BCUT2D eigenvalue weighted by Crippen LogP contribution is 2.21. The summed E-state index contributed by atoms with van der Waals surface area (Å²) in [5.74, 6) is -1.49. The SMILES string of the molecule is O=C(NC(CO)c1cccc(O)c1)c1ccc2c(C(=O)O)cncc2c1. The third-order valence-electron chi connectivity index (χ3n) is 4.01. The molecule has 7 nitrogen and oxygen atoms in total. The van der Waals surface area contributed by atoms with E-state index in [4.69, 9.17) is 0 Å². The van der Waals surface area contributed by atoms with Gasteiger partial charge in [-0.2, -0.15) is 0 Å². The number of carboxylic acids is 1. The zero-order valence-corrected chi connectivity index (χ0v) is 13.6. The van der Waals surface area contributed by atoms with Crippen LogP contribution < -0.4 is 5.32 Å². The number of phenols is 1. The number of amides is 1. The number of nitrogens with zero attached hydrogens (tertiary/aromatic N) is 1. The van der Waals surface area contributed by atoms with E-state index in [9.17, 15) is 24.9 Å². The van der Waals surface area contributed by atoms with Crippen molar-refractivity contribution in [2.75, 3.05) is 6.61 Å². The molecule has 3 rings (SSSR count). The Kier molecular flexibility index (Phi) is 4.81. The Morgan fingerprint density at radius 2 is 1.92 bits per heavy atom. The van der Waals surface area contributed by atoms with Gasteiger partial charge < -0.3 is 20.6 Å². The Labute approximate surface area is 148 Å². The Morgan fingerprint density at radius 3 is 2.62 bits per heavy atom. The minimum atomic E-state index is -1.09. The van der Waals surface area contributed by atoms with Gasteiger partial charge in [0.15, 0.2) is 0 Å². The van der Waals surface area contributed by atoms with Gasteiger partial charge in [0.1, 0.15) is 5.75 Å². The van der Waals surface area contributed by atoms with Crippen LogP contribution in [0.1, 0.15) is 32.3 Å². The van der Waals surface area contributed by atoms with Crippen LogP contribution >= 0.6 is 0 Å². The number of benzene rings is 2. The van der Waals surface area contributed by atoms with Crippen LogP contribution in [0.5, 0.6) is 5.75 Å². The second kappa shape index (κ2) is 7.20. The minimum absolute atomic E-state index is 0.0354. The summed E-state index contributed by atoms with van der Waals surface area (Å²) in [5.41, 5.74) is 0.930. The fraction of sp³-hybridized carbons (Fsp3) is 0.105. The molecule has 2 aromatic carbocycles. The molecule has 0 aliphatic heterocycles. The summed E-state index contributed by atoms with van der Waals surface area (Å²) in [5, 5.41) is 32.0. The van der Waals surface area contributed by atoms with Crippen molar-refractivity contribution < 1.29 is 24.9 Å². The van der Waals surface area contributed by atoms with E-state index >= 15 is 0 Å². The highest BCUT2D eigenvalue weighted by atomic mass is 16.4. The maximum atomic E-state index is 12.5. The van der Waals surface area contributed by atoms with E-state index in [2.05, 4.69) is 10.3 Å². The molecule has 1 unspecified atom stereocenters. The van der Waals surface area contributed by atoms with Crippen LogP contribution in [0.15, 0.2) is 54.9 Å². The smallest absolute Gasteiger partial charge is 0.337 e. The molecular weight excluding hydrogens is 336 g/mol. The first-order valence-electron chi connectivity index (χ1n) is 7.81. The van der Waals surface area contributed by atoms with E-state index in [1.807, 2.05) is 0 Å². The summed E-state index contributed by atoms with van der Waals surface area (Å²) >= 11 is 0. The Bertz CT molecular complexity index is 987. The number of carbonyl (C=O) groups is 2. The topological polar surface area (TPSA) is 120 Å². The van der Waals surface area contributed by atoms with Crippen molar-refractivity contribution in [2.24, 2.45) is 0 Å². The molecule has 4 N–H and O–H groups in total. The third-order valence-corrected chi connectivity index (χ3v) is 4.01. The van der Waals surface area contributed by atoms with Crippen LogP contribution in [-0.2, 0) is 0 Å². The molecular formula is C19H16N2O5. The average molecular weight is 352 g/mol. The van der Waals surface area contributed by atoms with Gasteiger partial charge in [-0.3, -0.25) is 9.78 Å². The molecule has 7 heteroatoms.